The molecule has 2 bridgehead atoms. The Morgan fingerprint density at radius 3 is 2.68 bits per heavy atom. The minimum absolute atomic E-state index is 0.0272. The lowest BCUT2D eigenvalue weighted by atomic mass is 9.68. The fraction of sp³-hybridized carbons (Fsp3) is 0.600. The molecule has 2 unspecified atom stereocenters. The molecule has 5 rings (SSSR count). The van der Waals surface area contributed by atoms with E-state index in [9.17, 15) is 14.7 Å². The number of fused-ring (bicyclic) bond motifs is 6. The van der Waals surface area contributed by atoms with Gasteiger partial charge in [0.1, 0.15) is 0 Å². The first-order valence-electron chi connectivity index (χ1n) is 9.40. The highest BCUT2D eigenvalue weighted by Gasteiger charge is 2.54. The molecule has 1 N–H and O–H groups in total. The molecule has 5 heteroatoms. The third-order valence-electron chi connectivity index (χ3n) is 6.88. The van der Waals surface area contributed by atoms with Gasteiger partial charge in [0.2, 0.25) is 0 Å². The van der Waals surface area contributed by atoms with E-state index in [1.807, 2.05) is 18.2 Å². The van der Waals surface area contributed by atoms with Gasteiger partial charge < -0.3 is 14.7 Å². The molecule has 132 valence electrons. The van der Waals surface area contributed by atoms with Gasteiger partial charge in [0, 0.05) is 18.7 Å². The second kappa shape index (κ2) is 5.31. The fourth-order valence-corrected chi connectivity index (χ4v) is 5.52. The van der Waals surface area contributed by atoms with Crippen molar-refractivity contribution in [1.29, 1.82) is 0 Å². The minimum atomic E-state index is -0.729. The molecule has 1 aromatic carbocycles. The van der Waals surface area contributed by atoms with Crippen molar-refractivity contribution in [1.82, 2.24) is 4.90 Å². The summed E-state index contributed by atoms with van der Waals surface area (Å²) in [7, 11) is 0. The van der Waals surface area contributed by atoms with Crippen LogP contribution in [0.2, 0.25) is 0 Å². The maximum Gasteiger partial charge on any atom is 0.311 e. The predicted molar refractivity (Wildman–Crippen MR) is 90.2 cm³/mol. The zero-order chi connectivity index (χ0) is 17.2. The summed E-state index contributed by atoms with van der Waals surface area (Å²) in [5, 5.41) is 9.81. The fourth-order valence-electron chi connectivity index (χ4n) is 5.52. The molecule has 3 aliphatic heterocycles. The summed E-state index contributed by atoms with van der Waals surface area (Å²) in [4.78, 5) is 26.8. The number of nitrogens with zero attached hydrogens (tertiary/aromatic N) is 1. The Morgan fingerprint density at radius 2 is 1.92 bits per heavy atom. The predicted octanol–water partition coefficient (Wildman–Crippen LogP) is 3.31. The number of carboxylic acids is 1. The summed E-state index contributed by atoms with van der Waals surface area (Å²) in [6.07, 6.45) is 6.07. The molecule has 25 heavy (non-hydrogen) atoms. The Balaban J connectivity index is 1.42. The van der Waals surface area contributed by atoms with Crippen LogP contribution in [0.1, 0.15) is 72.2 Å². The second-order valence-electron chi connectivity index (χ2n) is 8.12. The Hall–Kier alpha value is -1.88. The van der Waals surface area contributed by atoms with E-state index in [2.05, 4.69) is 0 Å². The number of carbonyl (C=O) groups is 2. The van der Waals surface area contributed by atoms with E-state index in [4.69, 9.17) is 4.74 Å². The monoisotopic (exact) mass is 341 g/mol. The standard InChI is InChI=1S/C20H23NO4/c22-18(12-4-5-14-15(9-12)17-7-6-16(14)25-17)21-10-13-3-1-2-8-20(13,11-21)19(23)24/h4-5,9,13,16-17H,1-3,6-8,10-11H2,(H,23,24)/t13-,16?,17?,20-/m1/s1. The lowest BCUT2D eigenvalue weighted by Crippen LogP contribution is -2.41. The van der Waals surface area contributed by atoms with E-state index >= 15 is 0 Å². The number of rotatable bonds is 2. The average molecular weight is 341 g/mol. The van der Waals surface area contributed by atoms with Crippen LogP contribution in [0.3, 0.4) is 0 Å². The maximum atomic E-state index is 13.1. The molecule has 1 aliphatic carbocycles. The minimum Gasteiger partial charge on any atom is -0.481 e. The lowest BCUT2D eigenvalue weighted by Gasteiger charge is -2.34. The van der Waals surface area contributed by atoms with Crippen molar-refractivity contribution in [3.63, 3.8) is 0 Å². The van der Waals surface area contributed by atoms with Crippen LogP contribution in [0.5, 0.6) is 0 Å². The average Bonchev–Trinajstić information content (AvgIpc) is 3.33. The molecule has 1 amide bonds. The van der Waals surface area contributed by atoms with Gasteiger partial charge in [0.05, 0.1) is 17.6 Å². The molecule has 4 atom stereocenters. The van der Waals surface area contributed by atoms with Gasteiger partial charge in [-0.05, 0) is 54.9 Å². The van der Waals surface area contributed by atoms with Gasteiger partial charge in [-0.15, -0.1) is 0 Å². The van der Waals surface area contributed by atoms with Crippen LogP contribution in [0, 0.1) is 11.3 Å². The van der Waals surface area contributed by atoms with Crippen LogP contribution >= 0.6 is 0 Å². The maximum absolute atomic E-state index is 13.1. The van der Waals surface area contributed by atoms with Gasteiger partial charge in [0.25, 0.3) is 5.91 Å². The number of ether oxygens (including phenoxy) is 1. The first-order valence-corrected chi connectivity index (χ1v) is 9.40. The normalized spacial score (nSPS) is 35.5. The van der Waals surface area contributed by atoms with Crippen LogP contribution < -0.4 is 0 Å². The summed E-state index contributed by atoms with van der Waals surface area (Å²) in [5.41, 5.74) is 2.33. The van der Waals surface area contributed by atoms with Crippen LogP contribution in [-0.4, -0.2) is 35.0 Å². The number of aliphatic carboxylic acids is 1. The van der Waals surface area contributed by atoms with Crippen molar-refractivity contribution in [2.45, 2.75) is 50.7 Å². The van der Waals surface area contributed by atoms with Crippen molar-refractivity contribution in [3.05, 3.63) is 34.9 Å². The van der Waals surface area contributed by atoms with Gasteiger partial charge >= 0.3 is 5.97 Å². The zero-order valence-electron chi connectivity index (χ0n) is 14.2. The largest absolute Gasteiger partial charge is 0.481 e. The van der Waals surface area contributed by atoms with E-state index < -0.39 is 11.4 Å². The number of carbonyl (C=O) groups excluding carboxylic acids is 1. The van der Waals surface area contributed by atoms with Gasteiger partial charge in [-0.1, -0.05) is 18.9 Å². The number of amides is 1. The molecule has 0 aromatic heterocycles. The summed E-state index contributed by atoms with van der Waals surface area (Å²) in [6.45, 7) is 0.927. The van der Waals surface area contributed by atoms with Crippen LogP contribution in [-0.2, 0) is 9.53 Å². The summed E-state index contributed by atoms with van der Waals surface area (Å²) < 4.78 is 5.92. The number of hydrogen-bond acceptors (Lipinski definition) is 3. The van der Waals surface area contributed by atoms with E-state index in [-0.39, 0.29) is 24.0 Å². The molecular weight excluding hydrogens is 318 g/mol. The van der Waals surface area contributed by atoms with Crippen molar-refractivity contribution in [3.8, 4) is 0 Å². The molecule has 0 radical (unpaired) electrons. The summed E-state index contributed by atoms with van der Waals surface area (Å²) in [5.74, 6) is -0.663. The van der Waals surface area contributed by atoms with Crippen LogP contribution in [0.25, 0.3) is 0 Å². The molecule has 1 aromatic rings. The highest BCUT2D eigenvalue weighted by atomic mass is 16.5. The number of hydrogen-bond donors (Lipinski definition) is 1. The molecule has 4 aliphatic rings. The van der Waals surface area contributed by atoms with E-state index in [0.29, 0.717) is 25.1 Å². The van der Waals surface area contributed by atoms with E-state index in [0.717, 1.165) is 37.7 Å². The Morgan fingerprint density at radius 1 is 1.12 bits per heavy atom. The third kappa shape index (κ3) is 2.11. The van der Waals surface area contributed by atoms with Crippen molar-refractivity contribution >= 4 is 11.9 Å². The molecule has 3 heterocycles. The van der Waals surface area contributed by atoms with Gasteiger partial charge in [-0.25, -0.2) is 0 Å². The van der Waals surface area contributed by atoms with E-state index in [1.165, 1.54) is 5.56 Å². The lowest BCUT2D eigenvalue weighted by molar-refractivity contribution is -0.152. The van der Waals surface area contributed by atoms with Crippen LogP contribution in [0.4, 0.5) is 0 Å². The van der Waals surface area contributed by atoms with Gasteiger partial charge in [-0.2, -0.15) is 0 Å². The second-order valence-corrected chi connectivity index (χ2v) is 8.12. The number of likely N-dealkylation sites (tertiary alicyclic amines) is 1. The van der Waals surface area contributed by atoms with Crippen molar-refractivity contribution in [2.24, 2.45) is 11.3 Å². The quantitative estimate of drug-likeness (QED) is 0.896. The Labute approximate surface area is 147 Å². The topological polar surface area (TPSA) is 66.8 Å². The third-order valence-corrected chi connectivity index (χ3v) is 6.88. The SMILES string of the molecule is O=C(c1ccc2c(c1)C1CCC2O1)N1C[C@H]2CCCC[C@@]2(C(=O)O)C1. The van der Waals surface area contributed by atoms with E-state index in [1.54, 1.807) is 4.90 Å². The highest BCUT2D eigenvalue weighted by molar-refractivity contribution is 5.95. The molecule has 0 spiro atoms. The summed E-state index contributed by atoms with van der Waals surface area (Å²) in [6, 6.07) is 5.90. The Bertz CT molecular complexity index is 760. The Kier molecular flexibility index (Phi) is 3.26. The van der Waals surface area contributed by atoms with Crippen molar-refractivity contribution in [2.75, 3.05) is 13.1 Å². The summed E-state index contributed by atoms with van der Waals surface area (Å²) >= 11 is 0. The first kappa shape index (κ1) is 15.4. The van der Waals surface area contributed by atoms with Crippen LogP contribution in [0.15, 0.2) is 18.2 Å². The highest BCUT2D eigenvalue weighted by Crippen LogP contribution is 2.51. The van der Waals surface area contributed by atoms with Gasteiger partial charge in [0.15, 0.2) is 0 Å². The number of benzene rings is 1. The zero-order valence-corrected chi connectivity index (χ0v) is 14.2. The molecule has 5 nitrogen and oxygen atoms in total. The molecule has 2 saturated heterocycles. The first-order chi connectivity index (χ1) is 12.1. The molecule has 1 saturated carbocycles. The molecule has 3 fully saturated rings. The number of carboxylic acid groups (broad SMARTS) is 1. The van der Waals surface area contributed by atoms with Crippen molar-refractivity contribution < 1.29 is 19.4 Å². The van der Waals surface area contributed by atoms with Gasteiger partial charge in [-0.3, -0.25) is 9.59 Å². The molecular formula is C20H23NO4. The smallest absolute Gasteiger partial charge is 0.311 e.